The summed E-state index contributed by atoms with van der Waals surface area (Å²) in [7, 11) is 0. The first-order valence-electron chi connectivity index (χ1n) is 6.30. The maximum Gasteiger partial charge on any atom is 0.0446 e. The van der Waals surface area contributed by atoms with E-state index in [1.807, 2.05) is 0 Å². The van der Waals surface area contributed by atoms with Crippen molar-refractivity contribution in [2.45, 2.75) is 6.92 Å². The molecule has 0 amide bonds. The molecular weight excluding hydrogens is 208 g/mol. The number of piperazine rings is 1. The predicted molar refractivity (Wildman–Crippen MR) is 73.8 cm³/mol. The number of hydrogen-bond donors (Lipinski definition) is 1. The Morgan fingerprint density at radius 2 is 1.88 bits per heavy atom. The number of hydrogen-bond acceptors (Lipinski definition) is 2. The van der Waals surface area contributed by atoms with Gasteiger partial charge in [-0.05, 0) is 18.4 Å². The van der Waals surface area contributed by atoms with Crippen molar-refractivity contribution in [1.82, 2.24) is 5.32 Å². The van der Waals surface area contributed by atoms with Crippen molar-refractivity contribution in [3.63, 3.8) is 0 Å². The molecule has 1 heterocycles. The van der Waals surface area contributed by atoms with Gasteiger partial charge < -0.3 is 10.2 Å². The summed E-state index contributed by atoms with van der Waals surface area (Å²) >= 11 is 0. The highest BCUT2D eigenvalue weighted by Gasteiger charge is 2.12. The van der Waals surface area contributed by atoms with Gasteiger partial charge in [-0.1, -0.05) is 35.9 Å². The molecule has 1 fully saturated rings. The fourth-order valence-corrected chi connectivity index (χ4v) is 2.57. The van der Waals surface area contributed by atoms with Crippen LogP contribution in [-0.2, 0) is 0 Å². The summed E-state index contributed by atoms with van der Waals surface area (Å²) in [5.74, 6) is 0. The third-order valence-corrected chi connectivity index (χ3v) is 3.47. The molecule has 0 radical (unpaired) electrons. The number of fused-ring (bicyclic) bond motifs is 1. The molecule has 0 unspecified atom stereocenters. The van der Waals surface area contributed by atoms with Crippen LogP contribution in [0, 0.1) is 6.92 Å². The topological polar surface area (TPSA) is 15.3 Å². The largest absolute Gasteiger partial charge is 0.368 e. The summed E-state index contributed by atoms with van der Waals surface area (Å²) < 4.78 is 0. The van der Waals surface area contributed by atoms with Gasteiger partial charge in [-0.2, -0.15) is 0 Å². The van der Waals surface area contributed by atoms with Gasteiger partial charge in [0.1, 0.15) is 0 Å². The molecule has 2 aromatic rings. The Morgan fingerprint density at radius 1 is 1.06 bits per heavy atom. The first-order chi connectivity index (χ1) is 8.34. The van der Waals surface area contributed by atoms with Gasteiger partial charge in [-0.15, -0.1) is 0 Å². The number of aryl methyl sites for hydroxylation is 1. The van der Waals surface area contributed by atoms with Gasteiger partial charge in [-0.3, -0.25) is 0 Å². The van der Waals surface area contributed by atoms with Crippen LogP contribution in [0.25, 0.3) is 10.8 Å². The fraction of sp³-hybridized carbons (Fsp3) is 0.333. The molecule has 0 saturated carbocycles. The van der Waals surface area contributed by atoms with Crippen LogP contribution in [0.2, 0.25) is 0 Å². The third kappa shape index (κ3) is 2.01. The Morgan fingerprint density at radius 3 is 2.71 bits per heavy atom. The first-order valence-corrected chi connectivity index (χ1v) is 6.30. The van der Waals surface area contributed by atoms with E-state index in [-0.39, 0.29) is 0 Å². The van der Waals surface area contributed by atoms with Gasteiger partial charge >= 0.3 is 0 Å². The zero-order valence-corrected chi connectivity index (χ0v) is 10.2. The van der Waals surface area contributed by atoms with Crippen LogP contribution in [0.4, 0.5) is 5.69 Å². The van der Waals surface area contributed by atoms with E-state index in [1.165, 1.54) is 22.0 Å². The third-order valence-electron chi connectivity index (χ3n) is 3.47. The summed E-state index contributed by atoms with van der Waals surface area (Å²) in [5.41, 5.74) is 2.71. The minimum atomic E-state index is 1.09. The summed E-state index contributed by atoms with van der Waals surface area (Å²) in [6.45, 7) is 6.53. The van der Waals surface area contributed by atoms with E-state index in [4.69, 9.17) is 0 Å². The molecule has 1 N–H and O–H groups in total. The maximum absolute atomic E-state index is 3.40. The highest BCUT2D eigenvalue weighted by atomic mass is 15.2. The molecule has 0 aliphatic carbocycles. The van der Waals surface area contributed by atoms with Crippen LogP contribution in [0.15, 0.2) is 36.4 Å². The van der Waals surface area contributed by atoms with Crippen LogP contribution in [-0.4, -0.2) is 26.2 Å². The van der Waals surface area contributed by atoms with E-state index < -0.39 is 0 Å². The monoisotopic (exact) mass is 226 g/mol. The summed E-state index contributed by atoms with van der Waals surface area (Å²) in [5, 5.41) is 6.12. The van der Waals surface area contributed by atoms with Crippen LogP contribution < -0.4 is 10.2 Å². The molecule has 88 valence electrons. The fourth-order valence-electron chi connectivity index (χ4n) is 2.57. The molecule has 17 heavy (non-hydrogen) atoms. The zero-order valence-electron chi connectivity index (χ0n) is 10.2. The minimum absolute atomic E-state index is 1.09. The Balaban J connectivity index is 2.09. The second-order valence-electron chi connectivity index (χ2n) is 4.74. The normalized spacial score (nSPS) is 16.4. The number of nitrogens with zero attached hydrogens (tertiary/aromatic N) is 1. The molecule has 1 saturated heterocycles. The zero-order chi connectivity index (χ0) is 11.7. The van der Waals surface area contributed by atoms with E-state index in [0.717, 1.165) is 26.2 Å². The highest BCUT2D eigenvalue weighted by Crippen LogP contribution is 2.27. The molecule has 2 aromatic carbocycles. The van der Waals surface area contributed by atoms with E-state index in [9.17, 15) is 0 Å². The van der Waals surface area contributed by atoms with Crippen LogP contribution in [0.3, 0.4) is 0 Å². The lowest BCUT2D eigenvalue weighted by Gasteiger charge is -2.30. The van der Waals surface area contributed by atoms with Gasteiger partial charge in [0.2, 0.25) is 0 Å². The molecule has 3 rings (SSSR count). The molecule has 0 atom stereocenters. The Kier molecular flexibility index (Phi) is 2.73. The lowest BCUT2D eigenvalue weighted by atomic mass is 10.0. The van der Waals surface area contributed by atoms with Gasteiger partial charge in [0.05, 0.1) is 0 Å². The minimum Gasteiger partial charge on any atom is -0.368 e. The molecule has 0 bridgehead atoms. The average molecular weight is 226 g/mol. The van der Waals surface area contributed by atoms with Gasteiger partial charge in [0.25, 0.3) is 0 Å². The van der Waals surface area contributed by atoms with Crippen molar-refractivity contribution in [1.29, 1.82) is 0 Å². The van der Waals surface area contributed by atoms with Crippen molar-refractivity contribution in [2.75, 3.05) is 31.1 Å². The van der Waals surface area contributed by atoms with E-state index in [2.05, 4.69) is 53.5 Å². The molecule has 0 aromatic heterocycles. The van der Waals surface area contributed by atoms with Crippen LogP contribution in [0.1, 0.15) is 5.56 Å². The van der Waals surface area contributed by atoms with Crippen molar-refractivity contribution >= 4 is 16.5 Å². The highest BCUT2D eigenvalue weighted by molar-refractivity contribution is 5.94. The lowest BCUT2D eigenvalue weighted by Crippen LogP contribution is -2.43. The summed E-state index contributed by atoms with van der Waals surface area (Å²) in [6.07, 6.45) is 0. The van der Waals surface area contributed by atoms with Crippen LogP contribution in [0.5, 0.6) is 0 Å². The molecule has 2 heteroatoms. The van der Waals surface area contributed by atoms with E-state index >= 15 is 0 Å². The Bertz CT molecular complexity index is 527. The number of anilines is 1. The molecule has 2 nitrogen and oxygen atoms in total. The Labute approximate surface area is 102 Å². The van der Waals surface area contributed by atoms with E-state index in [1.54, 1.807) is 0 Å². The molecule has 1 aliphatic heterocycles. The SMILES string of the molecule is Cc1ccc2c(N3CCNCC3)cccc2c1. The Hall–Kier alpha value is -1.54. The average Bonchev–Trinajstić information content (AvgIpc) is 2.39. The van der Waals surface area contributed by atoms with Gasteiger partial charge in [0.15, 0.2) is 0 Å². The molecular formula is C15H18N2. The van der Waals surface area contributed by atoms with Gasteiger partial charge in [-0.25, -0.2) is 0 Å². The molecule has 1 aliphatic rings. The van der Waals surface area contributed by atoms with Gasteiger partial charge in [0, 0.05) is 37.3 Å². The number of rotatable bonds is 1. The summed E-state index contributed by atoms with van der Waals surface area (Å²) in [6, 6.07) is 13.3. The summed E-state index contributed by atoms with van der Waals surface area (Å²) in [4.78, 5) is 2.48. The number of nitrogens with one attached hydrogen (secondary N) is 1. The smallest absolute Gasteiger partial charge is 0.0446 e. The van der Waals surface area contributed by atoms with Crippen molar-refractivity contribution in [3.05, 3.63) is 42.0 Å². The predicted octanol–water partition coefficient (Wildman–Crippen LogP) is 2.56. The quantitative estimate of drug-likeness (QED) is 0.804. The van der Waals surface area contributed by atoms with Crippen molar-refractivity contribution in [2.24, 2.45) is 0 Å². The van der Waals surface area contributed by atoms with Crippen molar-refractivity contribution < 1.29 is 0 Å². The van der Waals surface area contributed by atoms with Crippen LogP contribution >= 0.6 is 0 Å². The maximum atomic E-state index is 3.40. The number of benzene rings is 2. The lowest BCUT2D eigenvalue weighted by molar-refractivity contribution is 0.590. The molecule has 0 spiro atoms. The van der Waals surface area contributed by atoms with Crippen molar-refractivity contribution in [3.8, 4) is 0 Å². The van der Waals surface area contributed by atoms with E-state index in [0.29, 0.717) is 0 Å². The first kappa shape index (κ1) is 10.6. The second-order valence-corrected chi connectivity index (χ2v) is 4.74. The standard InChI is InChI=1S/C15H18N2/c1-12-5-6-14-13(11-12)3-2-4-15(14)17-9-7-16-8-10-17/h2-6,11,16H,7-10H2,1H3. The second kappa shape index (κ2) is 4.38.